The van der Waals surface area contributed by atoms with Crippen LogP contribution in [0.15, 0.2) is 72.9 Å². The number of ether oxygens (including phenoxy) is 3. The molecule has 31 heavy (non-hydrogen) atoms. The van der Waals surface area contributed by atoms with Gasteiger partial charge in [0.15, 0.2) is 6.10 Å². The highest BCUT2D eigenvalue weighted by Gasteiger charge is 2.49. The van der Waals surface area contributed by atoms with Crippen molar-refractivity contribution < 1.29 is 19.0 Å². The molecular formula is C23H22N4O4. The molecule has 0 aliphatic carbocycles. The Hall–Kier alpha value is -3.49. The van der Waals surface area contributed by atoms with Crippen LogP contribution in [0.4, 0.5) is 16.4 Å². The minimum Gasteiger partial charge on any atom is -0.441 e. The van der Waals surface area contributed by atoms with Crippen molar-refractivity contribution in [3.63, 3.8) is 0 Å². The molecule has 2 aromatic carbocycles. The van der Waals surface area contributed by atoms with Crippen LogP contribution in [0.2, 0.25) is 0 Å². The molecular weight excluding hydrogens is 396 g/mol. The maximum atomic E-state index is 12.2. The van der Waals surface area contributed by atoms with Crippen molar-refractivity contribution >= 4 is 17.7 Å². The molecule has 5 rings (SSSR count). The van der Waals surface area contributed by atoms with E-state index in [1.807, 2.05) is 54.6 Å². The number of hydrogen-bond acceptors (Lipinski definition) is 7. The third kappa shape index (κ3) is 4.35. The Bertz CT molecular complexity index is 1030. The topological polar surface area (TPSA) is 94.6 Å². The number of nitrogens with zero attached hydrogens (tertiary/aromatic N) is 2. The summed E-state index contributed by atoms with van der Waals surface area (Å²) in [6.07, 6.45) is 0.131. The summed E-state index contributed by atoms with van der Waals surface area (Å²) in [6, 6.07) is 20.8. The van der Waals surface area contributed by atoms with E-state index >= 15 is 0 Å². The molecule has 0 saturated carbocycles. The van der Waals surface area contributed by atoms with Gasteiger partial charge in [0.1, 0.15) is 12.2 Å². The van der Waals surface area contributed by atoms with Gasteiger partial charge in [-0.1, -0.05) is 48.5 Å². The zero-order valence-electron chi connectivity index (χ0n) is 16.7. The predicted octanol–water partition coefficient (Wildman–Crippen LogP) is 3.34. The van der Waals surface area contributed by atoms with Gasteiger partial charge in [0.05, 0.1) is 24.9 Å². The highest BCUT2D eigenvalue weighted by molar-refractivity contribution is 5.84. The number of aromatic nitrogens is 2. The molecule has 2 saturated heterocycles. The fourth-order valence-electron chi connectivity index (χ4n) is 3.86. The zero-order chi connectivity index (χ0) is 21.0. The highest BCUT2D eigenvalue weighted by Crippen LogP contribution is 2.30. The van der Waals surface area contributed by atoms with Gasteiger partial charge < -0.3 is 19.5 Å². The van der Waals surface area contributed by atoms with Crippen molar-refractivity contribution in [2.45, 2.75) is 24.4 Å². The van der Waals surface area contributed by atoms with Crippen LogP contribution in [0.3, 0.4) is 0 Å². The summed E-state index contributed by atoms with van der Waals surface area (Å²) in [6.45, 7) is 0.690. The van der Waals surface area contributed by atoms with Crippen LogP contribution >= 0.6 is 0 Å². The van der Waals surface area contributed by atoms with Crippen molar-refractivity contribution in [1.29, 1.82) is 0 Å². The average molecular weight is 418 g/mol. The molecule has 8 nitrogen and oxygen atoms in total. The van der Waals surface area contributed by atoms with E-state index in [0.717, 1.165) is 11.3 Å². The molecule has 8 heteroatoms. The predicted molar refractivity (Wildman–Crippen MR) is 115 cm³/mol. The highest BCUT2D eigenvalue weighted by atomic mass is 16.6. The van der Waals surface area contributed by atoms with Crippen molar-refractivity contribution in [2.24, 2.45) is 0 Å². The van der Waals surface area contributed by atoms with Crippen LogP contribution in [0.1, 0.15) is 0 Å². The Balaban J connectivity index is 1.20. The number of para-hydroxylation sites is 1. The summed E-state index contributed by atoms with van der Waals surface area (Å²) in [5, 5.41) is 6.02. The van der Waals surface area contributed by atoms with Gasteiger partial charge in [0.25, 0.3) is 0 Å². The minimum absolute atomic E-state index is 0.137. The second-order valence-electron chi connectivity index (χ2n) is 7.41. The summed E-state index contributed by atoms with van der Waals surface area (Å²) < 4.78 is 17.3. The number of hydrogen-bond donors (Lipinski definition) is 2. The second-order valence-corrected chi connectivity index (χ2v) is 7.41. The minimum atomic E-state index is -0.528. The molecule has 4 atom stereocenters. The number of carbonyl (C=O) groups excluding carboxylic acids is 1. The van der Waals surface area contributed by atoms with Crippen molar-refractivity contribution in [2.75, 3.05) is 23.8 Å². The standard InChI is InChI=1S/C23H22N4O4/c28-23(25-16-9-5-2-6-10-16)31-19-14-30-20-18(13-29-21(19)20)27-22-24-12-11-17(26-22)15-7-3-1-4-8-15/h1-12,18-21H,13-14H2,(H,25,28)(H,24,26,27)/t18-,19+,20+,21+/m0/s1. The van der Waals surface area contributed by atoms with E-state index in [1.165, 1.54) is 0 Å². The molecule has 2 fully saturated rings. The fourth-order valence-corrected chi connectivity index (χ4v) is 3.86. The molecule has 2 N–H and O–H groups in total. The van der Waals surface area contributed by atoms with Crippen molar-refractivity contribution in [3.8, 4) is 11.3 Å². The van der Waals surface area contributed by atoms with Gasteiger partial charge in [-0.3, -0.25) is 5.32 Å². The summed E-state index contributed by atoms with van der Waals surface area (Å²) in [5.74, 6) is 0.505. The largest absolute Gasteiger partial charge is 0.441 e. The van der Waals surface area contributed by atoms with Gasteiger partial charge in [-0.2, -0.15) is 0 Å². The van der Waals surface area contributed by atoms with Crippen molar-refractivity contribution in [1.82, 2.24) is 9.97 Å². The zero-order valence-corrected chi connectivity index (χ0v) is 16.7. The molecule has 1 amide bonds. The maximum absolute atomic E-state index is 12.2. The van der Waals surface area contributed by atoms with Gasteiger partial charge in [-0.25, -0.2) is 14.8 Å². The van der Waals surface area contributed by atoms with Gasteiger partial charge in [-0.05, 0) is 18.2 Å². The average Bonchev–Trinajstić information content (AvgIpc) is 3.39. The summed E-state index contributed by atoms with van der Waals surface area (Å²) in [4.78, 5) is 21.2. The molecule has 1 aromatic heterocycles. The van der Waals surface area contributed by atoms with Gasteiger partial charge >= 0.3 is 6.09 Å². The molecule has 0 radical (unpaired) electrons. The van der Waals surface area contributed by atoms with Gasteiger partial charge in [-0.15, -0.1) is 0 Å². The molecule has 2 aliphatic rings. The molecule has 0 unspecified atom stereocenters. The number of amides is 1. The lowest BCUT2D eigenvalue weighted by Gasteiger charge is -2.18. The number of carbonyl (C=O) groups is 1. The van der Waals surface area contributed by atoms with Gasteiger partial charge in [0, 0.05) is 17.4 Å². The quantitative estimate of drug-likeness (QED) is 0.656. The Morgan fingerprint density at radius 1 is 0.935 bits per heavy atom. The lowest BCUT2D eigenvalue weighted by molar-refractivity contribution is 0.00917. The first-order valence-corrected chi connectivity index (χ1v) is 10.2. The number of nitrogens with one attached hydrogen (secondary N) is 2. The fraction of sp³-hybridized carbons (Fsp3) is 0.261. The molecule has 3 aromatic rings. The Labute approximate surface area is 179 Å². The number of rotatable bonds is 5. The Morgan fingerprint density at radius 2 is 1.68 bits per heavy atom. The van der Waals surface area contributed by atoms with E-state index in [0.29, 0.717) is 18.2 Å². The summed E-state index contributed by atoms with van der Waals surface area (Å²) >= 11 is 0. The molecule has 2 aliphatic heterocycles. The number of fused-ring (bicyclic) bond motifs is 1. The summed E-state index contributed by atoms with van der Waals surface area (Å²) in [7, 11) is 0. The first-order valence-electron chi connectivity index (χ1n) is 10.2. The number of anilines is 2. The first kappa shape index (κ1) is 19.5. The van der Waals surface area contributed by atoms with Crippen LogP contribution in [0, 0.1) is 0 Å². The third-order valence-electron chi connectivity index (χ3n) is 5.33. The van der Waals surface area contributed by atoms with E-state index in [4.69, 9.17) is 14.2 Å². The van der Waals surface area contributed by atoms with Crippen LogP contribution in [0.5, 0.6) is 0 Å². The number of benzene rings is 2. The van der Waals surface area contributed by atoms with E-state index in [2.05, 4.69) is 20.6 Å². The molecule has 158 valence electrons. The molecule has 3 heterocycles. The molecule has 0 bridgehead atoms. The normalized spacial score (nSPS) is 24.4. The Kier molecular flexibility index (Phi) is 5.47. The SMILES string of the molecule is O=C(Nc1ccccc1)O[C@@H]1CO[C@H]2[C@@H]1OC[C@@H]2Nc1nccc(-c2ccccc2)n1. The van der Waals surface area contributed by atoms with E-state index in [-0.39, 0.29) is 24.9 Å². The van der Waals surface area contributed by atoms with Crippen molar-refractivity contribution in [3.05, 3.63) is 72.9 Å². The van der Waals surface area contributed by atoms with E-state index in [1.54, 1.807) is 18.3 Å². The third-order valence-corrected chi connectivity index (χ3v) is 5.33. The van der Waals surface area contributed by atoms with Crippen LogP contribution in [-0.2, 0) is 14.2 Å². The van der Waals surface area contributed by atoms with Gasteiger partial charge in [0.2, 0.25) is 5.95 Å². The van der Waals surface area contributed by atoms with E-state index < -0.39 is 12.2 Å². The lowest BCUT2D eigenvalue weighted by Crippen LogP contribution is -2.38. The smallest absolute Gasteiger partial charge is 0.412 e. The lowest BCUT2D eigenvalue weighted by atomic mass is 10.1. The second kappa shape index (κ2) is 8.71. The van der Waals surface area contributed by atoms with Crippen LogP contribution in [-0.4, -0.2) is 53.6 Å². The monoisotopic (exact) mass is 418 g/mol. The Morgan fingerprint density at radius 3 is 2.48 bits per heavy atom. The first-order chi connectivity index (χ1) is 15.3. The van der Waals surface area contributed by atoms with Crippen LogP contribution < -0.4 is 10.6 Å². The summed E-state index contributed by atoms with van der Waals surface area (Å²) in [5.41, 5.74) is 2.52. The van der Waals surface area contributed by atoms with Crippen LogP contribution in [0.25, 0.3) is 11.3 Å². The maximum Gasteiger partial charge on any atom is 0.412 e. The van der Waals surface area contributed by atoms with E-state index in [9.17, 15) is 4.79 Å². The molecule has 0 spiro atoms.